The maximum atomic E-state index is 12.4. The van der Waals surface area contributed by atoms with E-state index in [0.29, 0.717) is 12.0 Å². The summed E-state index contributed by atoms with van der Waals surface area (Å²) in [6.07, 6.45) is 3.05. The Morgan fingerprint density at radius 2 is 1.89 bits per heavy atom. The molecule has 1 atom stereocenters. The maximum Gasteiger partial charge on any atom is 0.250 e. The average Bonchev–Trinajstić information content (AvgIpc) is 2.69. The van der Waals surface area contributed by atoms with Crippen LogP contribution >= 0.6 is 0 Å². The first-order chi connectivity index (χ1) is 8.37. The number of hydrogen-bond acceptors (Lipinski definition) is 3. The first-order valence-electron chi connectivity index (χ1n) is 6.76. The Kier molecular flexibility index (Phi) is 2.34. The van der Waals surface area contributed by atoms with Crippen molar-refractivity contribution in [2.24, 2.45) is 5.41 Å². The van der Waals surface area contributed by atoms with E-state index in [2.05, 4.69) is 18.7 Å². The Morgan fingerprint density at radius 3 is 2.56 bits per heavy atom. The number of aliphatic hydroxyl groups excluding tert-OH is 1. The summed E-state index contributed by atoms with van der Waals surface area (Å²) in [5.74, 6) is 0.0865. The van der Waals surface area contributed by atoms with Crippen molar-refractivity contribution in [2.45, 2.75) is 45.6 Å². The largest absolute Gasteiger partial charge is 0.376 e. The van der Waals surface area contributed by atoms with E-state index in [9.17, 15) is 9.90 Å². The van der Waals surface area contributed by atoms with E-state index in [1.54, 1.807) is 4.90 Å². The van der Waals surface area contributed by atoms with Gasteiger partial charge in [0.15, 0.2) is 0 Å². The molecule has 1 N–H and O–H groups in total. The lowest BCUT2D eigenvalue weighted by atomic mass is 9.83. The highest BCUT2D eigenvalue weighted by Crippen LogP contribution is 2.53. The molecular weight excluding hydrogens is 228 g/mol. The standard InChI is InChI=1S/C14H22N2O2/c1-13(2)6-10-7-14(3)12(18)15(9-17)4-5-16(14)11(10)8-13/h17H,4-9H2,1-3H3. The van der Waals surface area contributed by atoms with Crippen molar-refractivity contribution in [1.82, 2.24) is 9.80 Å². The van der Waals surface area contributed by atoms with Gasteiger partial charge in [-0.2, -0.15) is 0 Å². The number of hydrogen-bond donors (Lipinski definition) is 1. The molecule has 100 valence electrons. The van der Waals surface area contributed by atoms with Gasteiger partial charge in [0.25, 0.3) is 0 Å². The lowest BCUT2D eigenvalue weighted by Crippen LogP contribution is -2.62. The Balaban J connectivity index is 1.89. The summed E-state index contributed by atoms with van der Waals surface area (Å²) in [6.45, 7) is 7.98. The Morgan fingerprint density at radius 1 is 1.17 bits per heavy atom. The number of rotatable bonds is 1. The lowest BCUT2D eigenvalue weighted by Gasteiger charge is -2.46. The van der Waals surface area contributed by atoms with Crippen LogP contribution in [-0.2, 0) is 4.79 Å². The van der Waals surface area contributed by atoms with Crippen molar-refractivity contribution in [3.8, 4) is 0 Å². The van der Waals surface area contributed by atoms with Crippen LogP contribution in [0.25, 0.3) is 0 Å². The second-order valence-electron chi connectivity index (χ2n) is 6.88. The van der Waals surface area contributed by atoms with Crippen LogP contribution in [0.3, 0.4) is 0 Å². The highest BCUT2D eigenvalue weighted by atomic mass is 16.3. The molecule has 0 aromatic rings. The van der Waals surface area contributed by atoms with Gasteiger partial charge in [0.1, 0.15) is 12.3 Å². The molecule has 1 fully saturated rings. The first-order valence-corrected chi connectivity index (χ1v) is 6.76. The van der Waals surface area contributed by atoms with Crippen LogP contribution in [0.2, 0.25) is 0 Å². The fraction of sp³-hybridized carbons (Fsp3) is 0.786. The van der Waals surface area contributed by atoms with E-state index in [-0.39, 0.29) is 12.6 Å². The number of aliphatic hydroxyl groups is 1. The zero-order chi connectivity index (χ0) is 13.1. The molecule has 2 heterocycles. The molecule has 4 nitrogen and oxygen atoms in total. The molecule has 1 saturated heterocycles. The third kappa shape index (κ3) is 1.44. The highest BCUT2D eigenvalue weighted by Gasteiger charge is 2.54. The van der Waals surface area contributed by atoms with Crippen LogP contribution in [0, 0.1) is 5.41 Å². The Hall–Kier alpha value is -1.03. The zero-order valence-electron chi connectivity index (χ0n) is 11.5. The minimum absolute atomic E-state index is 0.0865. The molecular formula is C14H22N2O2. The molecule has 1 aliphatic carbocycles. The monoisotopic (exact) mass is 250 g/mol. The Labute approximate surface area is 108 Å². The van der Waals surface area contributed by atoms with E-state index in [4.69, 9.17) is 0 Å². The molecule has 18 heavy (non-hydrogen) atoms. The fourth-order valence-electron chi connectivity index (χ4n) is 3.95. The van der Waals surface area contributed by atoms with Gasteiger partial charge in [0, 0.05) is 25.2 Å². The van der Waals surface area contributed by atoms with E-state index in [1.165, 1.54) is 11.3 Å². The number of nitrogens with zero attached hydrogens (tertiary/aromatic N) is 2. The summed E-state index contributed by atoms with van der Waals surface area (Å²) >= 11 is 0. The van der Waals surface area contributed by atoms with E-state index in [1.807, 2.05) is 6.92 Å². The molecule has 0 aromatic heterocycles. The molecule has 0 spiro atoms. The molecule has 3 aliphatic rings. The predicted octanol–water partition coefficient (Wildman–Crippen LogP) is 1.32. The zero-order valence-corrected chi connectivity index (χ0v) is 11.5. The number of fused-ring (bicyclic) bond motifs is 2. The van der Waals surface area contributed by atoms with Crippen molar-refractivity contribution >= 4 is 5.91 Å². The van der Waals surface area contributed by atoms with Crippen LogP contribution in [0.4, 0.5) is 0 Å². The van der Waals surface area contributed by atoms with Gasteiger partial charge in [0.05, 0.1) is 0 Å². The molecule has 0 radical (unpaired) electrons. The fourth-order valence-corrected chi connectivity index (χ4v) is 3.95. The molecule has 0 saturated carbocycles. The minimum atomic E-state index is -0.428. The van der Waals surface area contributed by atoms with Gasteiger partial charge in [-0.3, -0.25) is 4.79 Å². The number of carbonyl (C=O) groups is 1. The highest BCUT2D eigenvalue weighted by molar-refractivity contribution is 5.88. The van der Waals surface area contributed by atoms with Crippen LogP contribution in [0.5, 0.6) is 0 Å². The normalized spacial score (nSPS) is 34.1. The molecule has 1 amide bonds. The van der Waals surface area contributed by atoms with Crippen LogP contribution < -0.4 is 0 Å². The smallest absolute Gasteiger partial charge is 0.250 e. The lowest BCUT2D eigenvalue weighted by molar-refractivity contribution is -0.151. The molecule has 4 heteroatoms. The predicted molar refractivity (Wildman–Crippen MR) is 68.6 cm³/mol. The summed E-state index contributed by atoms with van der Waals surface area (Å²) in [5.41, 5.74) is 2.80. The van der Waals surface area contributed by atoms with Gasteiger partial charge in [-0.05, 0) is 30.8 Å². The maximum absolute atomic E-state index is 12.4. The van der Waals surface area contributed by atoms with Crippen molar-refractivity contribution in [3.63, 3.8) is 0 Å². The molecule has 3 rings (SSSR count). The minimum Gasteiger partial charge on any atom is -0.376 e. The van der Waals surface area contributed by atoms with Crippen LogP contribution in [0.1, 0.15) is 40.0 Å². The number of allylic oxidation sites excluding steroid dienone is 1. The third-order valence-electron chi connectivity index (χ3n) is 4.74. The Bertz CT molecular complexity index is 441. The van der Waals surface area contributed by atoms with Crippen molar-refractivity contribution in [2.75, 3.05) is 19.8 Å². The average molecular weight is 250 g/mol. The topological polar surface area (TPSA) is 43.8 Å². The summed E-state index contributed by atoms with van der Waals surface area (Å²) in [7, 11) is 0. The van der Waals surface area contributed by atoms with Gasteiger partial charge in [-0.1, -0.05) is 13.8 Å². The summed E-state index contributed by atoms with van der Waals surface area (Å²) in [4.78, 5) is 16.3. The van der Waals surface area contributed by atoms with Gasteiger partial charge in [-0.15, -0.1) is 0 Å². The molecule has 0 aromatic carbocycles. The van der Waals surface area contributed by atoms with Gasteiger partial charge in [0.2, 0.25) is 5.91 Å². The SMILES string of the molecule is CC1(C)CC2=C(C1)N1CCN(CO)C(=O)C1(C)C2. The summed E-state index contributed by atoms with van der Waals surface area (Å²) < 4.78 is 0. The molecule has 0 bridgehead atoms. The van der Waals surface area contributed by atoms with Crippen LogP contribution in [-0.4, -0.2) is 46.2 Å². The van der Waals surface area contributed by atoms with Crippen molar-refractivity contribution in [3.05, 3.63) is 11.3 Å². The molecule has 1 unspecified atom stereocenters. The second-order valence-corrected chi connectivity index (χ2v) is 6.88. The van der Waals surface area contributed by atoms with Crippen molar-refractivity contribution < 1.29 is 9.90 Å². The van der Waals surface area contributed by atoms with E-state index in [0.717, 1.165) is 25.8 Å². The summed E-state index contributed by atoms with van der Waals surface area (Å²) in [6, 6.07) is 0. The second kappa shape index (κ2) is 3.50. The van der Waals surface area contributed by atoms with Crippen molar-refractivity contribution in [1.29, 1.82) is 0 Å². The number of amides is 1. The molecule has 2 aliphatic heterocycles. The van der Waals surface area contributed by atoms with Crippen LogP contribution in [0.15, 0.2) is 11.3 Å². The third-order valence-corrected chi connectivity index (χ3v) is 4.74. The van der Waals surface area contributed by atoms with E-state index < -0.39 is 5.54 Å². The van der Waals surface area contributed by atoms with Gasteiger partial charge in [-0.25, -0.2) is 0 Å². The summed E-state index contributed by atoms with van der Waals surface area (Å²) in [5, 5.41) is 9.25. The first kappa shape index (κ1) is 12.0. The van der Waals surface area contributed by atoms with E-state index >= 15 is 0 Å². The van der Waals surface area contributed by atoms with Gasteiger partial charge >= 0.3 is 0 Å². The quantitative estimate of drug-likeness (QED) is 0.763. The number of piperazine rings is 1. The van der Waals surface area contributed by atoms with Gasteiger partial charge < -0.3 is 14.9 Å². The number of carbonyl (C=O) groups excluding carboxylic acids is 1.